The second-order valence-electron chi connectivity index (χ2n) is 2.81. The van der Waals surface area contributed by atoms with Crippen LogP contribution >= 0.6 is 11.6 Å². The molecule has 90 valence electrons. The highest BCUT2D eigenvalue weighted by Gasteiger charge is 2.37. The third-order valence-electron chi connectivity index (χ3n) is 1.74. The average Bonchev–Trinajstić information content (AvgIpc) is 2.15. The second-order valence-corrected chi connectivity index (χ2v) is 3.21. The highest BCUT2D eigenvalue weighted by molar-refractivity contribution is 6.31. The van der Waals surface area contributed by atoms with E-state index in [-0.39, 0.29) is 0 Å². The quantitative estimate of drug-likeness (QED) is 0.830. The van der Waals surface area contributed by atoms with Crippen LogP contribution in [0.4, 0.5) is 22.0 Å². The van der Waals surface area contributed by atoms with Crippen molar-refractivity contribution in [2.24, 2.45) is 0 Å². The lowest BCUT2D eigenvalue weighted by Gasteiger charge is -2.13. The van der Waals surface area contributed by atoms with Crippen molar-refractivity contribution in [1.29, 1.82) is 0 Å². The molecule has 0 radical (unpaired) electrons. The Morgan fingerprint density at radius 3 is 2.31 bits per heavy atom. The van der Waals surface area contributed by atoms with Gasteiger partial charge in [-0.3, -0.25) is 0 Å². The van der Waals surface area contributed by atoms with Crippen molar-refractivity contribution in [1.82, 2.24) is 4.98 Å². The number of aromatic nitrogens is 1. The standard InChI is InChI=1S/C8H5ClF5NO/c9-4-1-3(8(12,13)14)6(7(10)11)15-5(4)2-16/h1,7,16H,2H2. The van der Waals surface area contributed by atoms with Crippen LogP contribution in [-0.4, -0.2) is 10.1 Å². The van der Waals surface area contributed by atoms with Crippen LogP contribution in [0.15, 0.2) is 6.07 Å². The van der Waals surface area contributed by atoms with E-state index in [1.54, 1.807) is 0 Å². The molecule has 8 heteroatoms. The summed E-state index contributed by atoms with van der Waals surface area (Å²) in [6.45, 7) is -0.809. The number of rotatable bonds is 2. The van der Waals surface area contributed by atoms with Crippen LogP contribution in [0, 0.1) is 0 Å². The Labute approximate surface area is 91.7 Å². The van der Waals surface area contributed by atoms with Gasteiger partial charge in [0.05, 0.1) is 22.9 Å². The zero-order valence-corrected chi connectivity index (χ0v) is 8.28. The molecule has 2 nitrogen and oxygen atoms in total. The fourth-order valence-electron chi connectivity index (χ4n) is 1.05. The van der Waals surface area contributed by atoms with Gasteiger partial charge in [-0.15, -0.1) is 0 Å². The Kier molecular flexibility index (Phi) is 3.69. The molecule has 0 bridgehead atoms. The van der Waals surface area contributed by atoms with Crippen molar-refractivity contribution >= 4 is 11.6 Å². The normalized spacial score (nSPS) is 12.2. The lowest BCUT2D eigenvalue weighted by Crippen LogP contribution is -2.13. The average molecular weight is 262 g/mol. The van der Waals surface area contributed by atoms with Gasteiger partial charge >= 0.3 is 6.18 Å². The molecule has 1 rings (SSSR count). The Morgan fingerprint density at radius 1 is 1.38 bits per heavy atom. The monoisotopic (exact) mass is 261 g/mol. The number of aliphatic hydroxyl groups excluding tert-OH is 1. The van der Waals surface area contributed by atoms with Gasteiger partial charge in [-0.2, -0.15) is 13.2 Å². The highest BCUT2D eigenvalue weighted by atomic mass is 35.5. The molecule has 16 heavy (non-hydrogen) atoms. The van der Waals surface area contributed by atoms with E-state index in [1.165, 1.54) is 0 Å². The molecule has 0 aliphatic carbocycles. The topological polar surface area (TPSA) is 33.1 Å². The molecule has 0 aliphatic heterocycles. The smallest absolute Gasteiger partial charge is 0.390 e. The molecule has 0 spiro atoms. The van der Waals surface area contributed by atoms with Gasteiger partial charge in [-0.05, 0) is 6.07 Å². The zero-order valence-electron chi connectivity index (χ0n) is 7.52. The SMILES string of the molecule is OCc1nc(C(F)F)c(C(F)(F)F)cc1Cl. The molecule has 1 heterocycles. The molecule has 0 aromatic carbocycles. The van der Waals surface area contributed by atoms with Gasteiger partial charge in [0.2, 0.25) is 0 Å². The molecule has 1 N–H and O–H groups in total. The van der Waals surface area contributed by atoms with Crippen molar-refractivity contribution < 1.29 is 27.1 Å². The maximum Gasteiger partial charge on any atom is 0.418 e. The maximum atomic E-state index is 12.3. The summed E-state index contributed by atoms with van der Waals surface area (Å²) < 4.78 is 61.6. The summed E-state index contributed by atoms with van der Waals surface area (Å²) in [6.07, 6.45) is -8.35. The van der Waals surface area contributed by atoms with Crippen LogP contribution < -0.4 is 0 Å². The fraction of sp³-hybridized carbons (Fsp3) is 0.375. The molecule has 0 amide bonds. The highest BCUT2D eigenvalue weighted by Crippen LogP contribution is 2.37. The largest absolute Gasteiger partial charge is 0.418 e. The van der Waals surface area contributed by atoms with Gasteiger partial charge in [0.25, 0.3) is 6.43 Å². The van der Waals surface area contributed by atoms with Gasteiger partial charge in [-0.25, -0.2) is 13.8 Å². The summed E-state index contributed by atoms with van der Waals surface area (Å²) >= 11 is 5.34. The number of hydrogen-bond donors (Lipinski definition) is 1. The lowest BCUT2D eigenvalue weighted by atomic mass is 10.1. The van der Waals surface area contributed by atoms with Crippen LogP contribution in [0.25, 0.3) is 0 Å². The Bertz CT molecular complexity index is 393. The molecule has 0 atom stereocenters. The minimum atomic E-state index is -4.96. The third kappa shape index (κ3) is 2.59. The number of hydrogen-bond acceptors (Lipinski definition) is 2. The molecule has 0 unspecified atom stereocenters. The summed E-state index contributed by atoms with van der Waals surface area (Å²) in [5, 5.41) is 8.14. The van der Waals surface area contributed by atoms with Gasteiger partial charge in [0, 0.05) is 0 Å². The number of halogens is 6. The van der Waals surface area contributed by atoms with E-state index in [9.17, 15) is 22.0 Å². The first kappa shape index (κ1) is 13.1. The minimum Gasteiger partial charge on any atom is -0.390 e. The van der Waals surface area contributed by atoms with E-state index in [1.807, 2.05) is 0 Å². The molecular weight excluding hydrogens is 257 g/mol. The van der Waals surface area contributed by atoms with Gasteiger partial charge < -0.3 is 5.11 Å². The summed E-state index contributed by atoms with van der Waals surface area (Å²) in [6, 6.07) is 0.335. The van der Waals surface area contributed by atoms with Gasteiger partial charge in [-0.1, -0.05) is 11.6 Å². The van der Waals surface area contributed by atoms with Crippen molar-refractivity contribution in [2.75, 3.05) is 0 Å². The second kappa shape index (κ2) is 4.50. The predicted octanol–water partition coefficient (Wildman–Crippen LogP) is 3.18. The fourth-order valence-corrected chi connectivity index (χ4v) is 1.26. The van der Waals surface area contributed by atoms with E-state index >= 15 is 0 Å². The van der Waals surface area contributed by atoms with Gasteiger partial charge in [0.1, 0.15) is 5.69 Å². The van der Waals surface area contributed by atoms with E-state index in [2.05, 4.69) is 4.98 Å². The van der Waals surface area contributed by atoms with E-state index < -0.39 is 41.2 Å². The van der Waals surface area contributed by atoms with Crippen molar-refractivity contribution in [2.45, 2.75) is 19.2 Å². The van der Waals surface area contributed by atoms with Crippen LogP contribution in [-0.2, 0) is 12.8 Å². The van der Waals surface area contributed by atoms with E-state index in [0.29, 0.717) is 6.07 Å². The molecular formula is C8H5ClF5NO. The van der Waals surface area contributed by atoms with Crippen LogP contribution in [0.5, 0.6) is 0 Å². The Hall–Kier alpha value is -0.950. The minimum absolute atomic E-state index is 0.335. The molecule has 0 aliphatic rings. The number of nitrogens with zero attached hydrogens (tertiary/aromatic N) is 1. The van der Waals surface area contributed by atoms with E-state index in [0.717, 1.165) is 0 Å². The van der Waals surface area contributed by atoms with Crippen molar-refractivity contribution in [3.05, 3.63) is 28.0 Å². The first-order valence-corrected chi connectivity index (χ1v) is 4.30. The lowest BCUT2D eigenvalue weighted by molar-refractivity contribution is -0.140. The molecule has 1 aromatic heterocycles. The first-order chi connectivity index (χ1) is 7.27. The number of pyridine rings is 1. The van der Waals surface area contributed by atoms with Crippen LogP contribution in [0.2, 0.25) is 5.02 Å². The molecule has 1 aromatic rings. The third-order valence-corrected chi connectivity index (χ3v) is 2.07. The van der Waals surface area contributed by atoms with Crippen LogP contribution in [0.1, 0.15) is 23.4 Å². The zero-order chi connectivity index (χ0) is 12.5. The molecule has 0 saturated heterocycles. The first-order valence-electron chi connectivity index (χ1n) is 3.93. The molecule has 0 saturated carbocycles. The number of aliphatic hydroxyl groups is 1. The summed E-state index contributed by atoms with van der Waals surface area (Å²) in [7, 11) is 0. The molecule has 0 fully saturated rings. The Morgan fingerprint density at radius 2 is 1.94 bits per heavy atom. The predicted molar refractivity (Wildman–Crippen MR) is 45.1 cm³/mol. The summed E-state index contributed by atoms with van der Waals surface area (Å²) in [4.78, 5) is 3.00. The van der Waals surface area contributed by atoms with E-state index in [4.69, 9.17) is 16.7 Å². The maximum absolute atomic E-state index is 12.3. The number of alkyl halides is 5. The van der Waals surface area contributed by atoms with Gasteiger partial charge in [0.15, 0.2) is 0 Å². The summed E-state index contributed by atoms with van der Waals surface area (Å²) in [5.41, 5.74) is -3.43. The summed E-state index contributed by atoms with van der Waals surface area (Å²) in [5.74, 6) is 0. The van der Waals surface area contributed by atoms with Crippen molar-refractivity contribution in [3.8, 4) is 0 Å². The Balaban J connectivity index is 3.42. The van der Waals surface area contributed by atoms with Crippen molar-refractivity contribution in [3.63, 3.8) is 0 Å². The van der Waals surface area contributed by atoms with Crippen LogP contribution in [0.3, 0.4) is 0 Å².